The third-order valence-corrected chi connectivity index (χ3v) is 6.24. The Morgan fingerprint density at radius 1 is 1.22 bits per heavy atom. The largest absolute Gasteiger partial charge is 0.339 e. The van der Waals surface area contributed by atoms with E-state index in [4.69, 9.17) is 0 Å². The highest BCUT2D eigenvalue weighted by molar-refractivity contribution is 7.91. The van der Waals surface area contributed by atoms with Gasteiger partial charge in [0, 0.05) is 24.3 Å². The minimum Gasteiger partial charge on any atom is -0.339 e. The molecule has 0 aliphatic carbocycles. The number of aromatic nitrogens is 2. The number of nitrogens with one attached hydrogen (secondary N) is 1. The number of carbonyl (C=O) groups excluding carboxylic acids is 2. The molecule has 0 saturated carbocycles. The summed E-state index contributed by atoms with van der Waals surface area (Å²) in [7, 11) is -1.49. The lowest BCUT2D eigenvalue weighted by Gasteiger charge is -2.22. The van der Waals surface area contributed by atoms with Gasteiger partial charge in [-0.05, 0) is 25.5 Å². The van der Waals surface area contributed by atoms with Crippen molar-refractivity contribution in [2.45, 2.75) is 19.4 Å². The molecular weight excluding hydrogens is 368 g/mol. The van der Waals surface area contributed by atoms with Gasteiger partial charge >= 0.3 is 0 Å². The van der Waals surface area contributed by atoms with Gasteiger partial charge in [0.2, 0.25) is 0 Å². The second-order valence-electron chi connectivity index (χ2n) is 6.52. The van der Waals surface area contributed by atoms with E-state index in [1.165, 1.54) is 24.2 Å². The van der Waals surface area contributed by atoms with Gasteiger partial charge in [0.15, 0.2) is 15.6 Å². The average molecular weight is 388 g/mol. The first-order chi connectivity index (χ1) is 12.7. The van der Waals surface area contributed by atoms with Gasteiger partial charge < -0.3 is 10.2 Å². The van der Waals surface area contributed by atoms with Crippen LogP contribution in [0.15, 0.2) is 36.7 Å². The second-order valence-corrected chi connectivity index (χ2v) is 8.75. The molecular formula is C18H20N4O4S. The Balaban J connectivity index is 1.69. The second kappa shape index (κ2) is 7.43. The van der Waals surface area contributed by atoms with Crippen molar-refractivity contribution in [3.05, 3.63) is 47.9 Å². The Labute approximate surface area is 157 Å². The third kappa shape index (κ3) is 4.48. The maximum atomic E-state index is 12.5. The molecule has 1 fully saturated rings. The van der Waals surface area contributed by atoms with Crippen LogP contribution in [0.4, 0.5) is 11.5 Å². The molecule has 1 N–H and O–H groups in total. The molecule has 3 rings (SSSR count). The zero-order valence-corrected chi connectivity index (χ0v) is 15.9. The van der Waals surface area contributed by atoms with Gasteiger partial charge in [0.1, 0.15) is 11.5 Å². The van der Waals surface area contributed by atoms with E-state index in [9.17, 15) is 18.0 Å². The van der Waals surface area contributed by atoms with Crippen molar-refractivity contribution in [1.82, 2.24) is 14.9 Å². The smallest absolute Gasteiger partial charge is 0.274 e. The van der Waals surface area contributed by atoms with E-state index in [1.807, 2.05) is 0 Å². The van der Waals surface area contributed by atoms with Crippen molar-refractivity contribution >= 4 is 33.0 Å². The number of hydrogen-bond donors (Lipinski definition) is 1. The Hall–Kier alpha value is -2.81. The normalized spacial score (nSPS) is 18.1. The summed E-state index contributed by atoms with van der Waals surface area (Å²) in [4.78, 5) is 33.7. The Morgan fingerprint density at radius 2 is 2.00 bits per heavy atom. The highest BCUT2D eigenvalue weighted by Gasteiger charge is 2.33. The molecule has 1 atom stereocenters. The molecule has 8 nitrogen and oxygen atoms in total. The monoisotopic (exact) mass is 388 g/mol. The number of ketones is 1. The molecule has 27 heavy (non-hydrogen) atoms. The van der Waals surface area contributed by atoms with Crippen molar-refractivity contribution in [3.63, 3.8) is 0 Å². The van der Waals surface area contributed by atoms with E-state index in [-0.39, 0.29) is 34.9 Å². The summed E-state index contributed by atoms with van der Waals surface area (Å²) < 4.78 is 23.2. The molecule has 2 aromatic rings. The average Bonchev–Trinajstić information content (AvgIpc) is 3.01. The number of rotatable bonds is 5. The Bertz CT molecular complexity index is 973. The number of carbonyl (C=O) groups is 2. The molecule has 1 amide bonds. The van der Waals surface area contributed by atoms with Crippen LogP contribution in [0.3, 0.4) is 0 Å². The standard InChI is InChI=1S/C18H20N4O4S/c1-12(23)13-4-3-5-14(8-13)21-17-10-19-16(9-20-17)18(24)22(2)15-6-7-27(25,26)11-15/h3-5,8-10,15H,6-7,11H2,1-2H3,(H,20,21). The van der Waals surface area contributed by atoms with Crippen molar-refractivity contribution in [3.8, 4) is 0 Å². The topological polar surface area (TPSA) is 109 Å². The minimum atomic E-state index is -3.07. The molecule has 1 aliphatic heterocycles. The zero-order chi connectivity index (χ0) is 19.6. The summed E-state index contributed by atoms with van der Waals surface area (Å²) in [5, 5.41) is 3.03. The SMILES string of the molecule is CC(=O)c1cccc(Nc2cnc(C(=O)N(C)C3CCS(=O)(=O)C3)cn2)c1. The molecule has 0 radical (unpaired) electrons. The summed E-state index contributed by atoms with van der Waals surface area (Å²) >= 11 is 0. The van der Waals surface area contributed by atoms with Gasteiger partial charge in [-0.25, -0.2) is 18.4 Å². The Morgan fingerprint density at radius 3 is 2.59 bits per heavy atom. The molecule has 0 bridgehead atoms. The van der Waals surface area contributed by atoms with Crippen LogP contribution in [0, 0.1) is 0 Å². The van der Waals surface area contributed by atoms with Crippen LogP contribution in [-0.4, -0.2) is 59.6 Å². The van der Waals surface area contributed by atoms with Gasteiger partial charge in [-0.15, -0.1) is 0 Å². The highest BCUT2D eigenvalue weighted by atomic mass is 32.2. The summed E-state index contributed by atoms with van der Waals surface area (Å²) in [5.74, 6) is 0.105. The number of amides is 1. The van der Waals surface area contributed by atoms with Gasteiger partial charge in [0.05, 0.1) is 23.9 Å². The number of anilines is 2. The first-order valence-electron chi connectivity index (χ1n) is 8.43. The van der Waals surface area contributed by atoms with Gasteiger partial charge in [-0.1, -0.05) is 12.1 Å². The van der Waals surface area contributed by atoms with Gasteiger partial charge in [0.25, 0.3) is 5.91 Å². The molecule has 142 valence electrons. The lowest BCUT2D eigenvalue weighted by atomic mass is 10.1. The molecule has 1 saturated heterocycles. The number of nitrogens with zero attached hydrogens (tertiary/aromatic N) is 3. The number of sulfone groups is 1. The van der Waals surface area contributed by atoms with Crippen LogP contribution < -0.4 is 5.32 Å². The first kappa shape index (κ1) is 19.0. The molecule has 1 aliphatic rings. The Kier molecular flexibility index (Phi) is 5.22. The maximum Gasteiger partial charge on any atom is 0.274 e. The van der Waals surface area contributed by atoms with E-state index in [1.54, 1.807) is 31.3 Å². The van der Waals surface area contributed by atoms with Crippen molar-refractivity contribution in [1.29, 1.82) is 0 Å². The fraction of sp³-hybridized carbons (Fsp3) is 0.333. The lowest BCUT2D eigenvalue weighted by Crippen LogP contribution is -2.38. The summed E-state index contributed by atoms with van der Waals surface area (Å²) in [6.07, 6.45) is 3.20. The zero-order valence-electron chi connectivity index (χ0n) is 15.0. The van der Waals surface area contributed by atoms with Gasteiger partial charge in [-0.3, -0.25) is 9.59 Å². The van der Waals surface area contributed by atoms with E-state index in [0.29, 0.717) is 23.5 Å². The van der Waals surface area contributed by atoms with Gasteiger partial charge in [-0.2, -0.15) is 0 Å². The molecule has 1 aromatic carbocycles. The van der Waals surface area contributed by atoms with Crippen LogP contribution in [0.5, 0.6) is 0 Å². The number of hydrogen-bond acceptors (Lipinski definition) is 7. The van der Waals surface area contributed by atoms with E-state index in [2.05, 4.69) is 15.3 Å². The molecule has 1 aromatic heterocycles. The van der Waals surface area contributed by atoms with Crippen LogP contribution >= 0.6 is 0 Å². The summed E-state index contributed by atoms with van der Waals surface area (Å²) in [6, 6.07) is 6.64. The number of Topliss-reactive ketones (excluding diaryl/α,β-unsaturated/α-hetero) is 1. The highest BCUT2D eigenvalue weighted by Crippen LogP contribution is 2.19. The van der Waals surface area contributed by atoms with Crippen LogP contribution in [-0.2, 0) is 9.84 Å². The van der Waals surface area contributed by atoms with E-state index >= 15 is 0 Å². The van der Waals surface area contributed by atoms with Crippen LogP contribution in [0.25, 0.3) is 0 Å². The summed E-state index contributed by atoms with van der Waals surface area (Å²) in [5.41, 5.74) is 1.40. The molecule has 9 heteroatoms. The fourth-order valence-corrected chi connectivity index (χ4v) is 4.67. The third-order valence-electron chi connectivity index (χ3n) is 4.49. The van der Waals surface area contributed by atoms with Crippen molar-refractivity contribution in [2.75, 3.05) is 23.9 Å². The first-order valence-corrected chi connectivity index (χ1v) is 10.2. The minimum absolute atomic E-state index is 0.0191. The van der Waals surface area contributed by atoms with Crippen molar-refractivity contribution in [2.24, 2.45) is 0 Å². The predicted octanol–water partition coefficient (Wildman–Crippen LogP) is 1.68. The lowest BCUT2D eigenvalue weighted by molar-refractivity contribution is 0.0741. The maximum absolute atomic E-state index is 12.5. The predicted molar refractivity (Wildman–Crippen MR) is 101 cm³/mol. The van der Waals surface area contributed by atoms with Crippen LogP contribution in [0.2, 0.25) is 0 Å². The molecule has 1 unspecified atom stereocenters. The molecule has 2 heterocycles. The van der Waals surface area contributed by atoms with E-state index < -0.39 is 9.84 Å². The number of benzene rings is 1. The fourth-order valence-electron chi connectivity index (χ4n) is 2.89. The molecule has 0 spiro atoms. The van der Waals surface area contributed by atoms with Crippen molar-refractivity contribution < 1.29 is 18.0 Å². The summed E-state index contributed by atoms with van der Waals surface area (Å²) in [6.45, 7) is 1.49. The van der Waals surface area contributed by atoms with E-state index in [0.717, 1.165) is 0 Å². The van der Waals surface area contributed by atoms with Crippen LogP contribution in [0.1, 0.15) is 34.2 Å². The quantitative estimate of drug-likeness (QED) is 0.776.